The van der Waals surface area contributed by atoms with E-state index in [9.17, 15) is 23.1 Å². The second-order valence-corrected chi connectivity index (χ2v) is 9.34. The Balaban J connectivity index is 2.33. The molecule has 1 aromatic heterocycles. The van der Waals surface area contributed by atoms with E-state index in [0.717, 1.165) is 18.6 Å². The van der Waals surface area contributed by atoms with E-state index in [-0.39, 0.29) is 39.9 Å². The smallest absolute Gasteiger partial charge is 0.337 e. The molecule has 11 heteroatoms. The third-order valence-electron chi connectivity index (χ3n) is 5.33. The molecule has 0 bridgehead atoms. The number of para-hydroxylation sites is 1. The number of aryl methyl sites for hydroxylation is 1. The fourth-order valence-corrected chi connectivity index (χ4v) is 4.91. The molecule has 0 fully saturated rings. The first-order valence-electron chi connectivity index (χ1n) is 10.7. The summed E-state index contributed by atoms with van der Waals surface area (Å²) in [4.78, 5) is 27.5. The van der Waals surface area contributed by atoms with Gasteiger partial charge in [0.05, 0.1) is 31.8 Å². The van der Waals surface area contributed by atoms with Gasteiger partial charge in [0.25, 0.3) is 5.56 Å². The van der Waals surface area contributed by atoms with E-state index in [0.29, 0.717) is 6.42 Å². The van der Waals surface area contributed by atoms with E-state index >= 15 is 0 Å². The van der Waals surface area contributed by atoms with E-state index < -0.39 is 32.1 Å². The summed E-state index contributed by atoms with van der Waals surface area (Å²) in [5.41, 5.74) is -0.776. The minimum atomic E-state index is -4.54. The van der Waals surface area contributed by atoms with Crippen molar-refractivity contribution >= 4 is 15.8 Å². The number of aromatic nitrogens is 2. The lowest BCUT2D eigenvalue weighted by Gasteiger charge is -2.21. The van der Waals surface area contributed by atoms with Gasteiger partial charge in [0.2, 0.25) is 15.7 Å². The van der Waals surface area contributed by atoms with E-state index in [4.69, 9.17) is 9.47 Å². The lowest BCUT2D eigenvalue weighted by atomic mass is 10.2. The monoisotopic (exact) mass is 502 g/mol. The van der Waals surface area contributed by atoms with Crippen LogP contribution in [0.25, 0.3) is 5.69 Å². The molecule has 0 aliphatic heterocycles. The Kier molecular flexibility index (Phi) is 7.80. The van der Waals surface area contributed by atoms with Gasteiger partial charge in [-0.05, 0) is 42.8 Å². The second-order valence-electron chi connectivity index (χ2n) is 7.46. The van der Waals surface area contributed by atoms with Crippen molar-refractivity contribution in [2.24, 2.45) is 0 Å². The van der Waals surface area contributed by atoms with Crippen LogP contribution in [-0.2, 0) is 21.0 Å². The molecule has 0 aliphatic rings. The molecule has 2 aromatic carbocycles. The predicted molar refractivity (Wildman–Crippen MR) is 126 cm³/mol. The van der Waals surface area contributed by atoms with Gasteiger partial charge >= 0.3 is 5.97 Å². The zero-order valence-corrected chi connectivity index (χ0v) is 20.6. The van der Waals surface area contributed by atoms with E-state index in [1.165, 1.54) is 38.0 Å². The number of aromatic hydroxyl groups is 1. The lowest BCUT2D eigenvalue weighted by Crippen LogP contribution is -2.25. The number of methoxy groups -OCH3 is 3. The molecular weight excluding hydrogens is 476 g/mol. The summed E-state index contributed by atoms with van der Waals surface area (Å²) in [6.45, 7) is 1.95. The molecule has 0 unspecified atom stereocenters. The van der Waals surface area contributed by atoms with Gasteiger partial charge in [-0.3, -0.25) is 9.36 Å². The summed E-state index contributed by atoms with van der Waals surface area (Å²) in [5.74, 6) is -0.778. The van der Waals surface area contributed by atoms with Gasteiger partial charge in [-0.15, -0.1) is 0 Å². The molecule has 10 nitrogen and oxygen atoms in total. The van der Waals surface area contributed by atoms with Gasteiger partial charge < -0.3 is 19.3 Å². The van der Waals surface area contributed by atoms with Crippen molar-refractivity contribution in [3.63, 3.8) is 0 Å². The van der Waals surface area contributed by atoms with E-state index in [1.54, 1.807) is 18.2 Å². The average Bonchev–Trinajstić information content (AvgIpc) is 2.86. The Morgan fingerprint density at radius 3 is 2.14 bits per heavy atom. The molecule has 0 saturated heterocycles. The zero-order chi connectivity index (χ0) is 25.8. The minimum Gasteiger partial charge on any atom is -0.494 e. The van der Waals surface area contributed by atoms with Crippen LogP contribution in [0.5, 0.6) is 17.4 Å². The number of unbranched alkanes of at least 4 members (excludes halogenated alkanes) is 1. The summed E-state index contributed by atoms with van der Waals surface area (Å²) in [6, 6.07) is 9.69. The number of ether oxygens (including phenoxy) is 3. The van der Waals surface area contributed by atoms with Crippen LogP contribution < -0.4 is 15.0 Å². The number of hydrogen-bond donors (Lipinski definition) is 1. The van der Waals surface area contributed by atoms with Gasteiger partial charge in [0.1, 0.15) is 23.0 Å². The first-order valence-corrected chi connectivity index (χ1v) is 12.2. The quantitative estimate of drug-likeness (QED) is 0.438. The molecule has 186 valence electrons. The van der Waals surface area contributed by atoms with E-state index in [2.05, 4.69) is 9.72 Å². The first-order chi connectivity index (χ1) is 16.7. The van der Waals surface area contributed by atoms with Crippen molar-refractivity contribution in [1.29, 1.82) is 0 Å². The molecule has 3 rings (SSSR count). The van der Waals surface area contributed by atoms with E-state index in [1.807, 2.05) is 6.92 Å². The maximum absolute atomic E-state index is 13.5. The van der Waals surface area contributed by atoms with Gasteiger partial charge in [-0.2, -0.15) is 4.98 Å². The molecule has 1 heterocycles. The second kappa shape index (κ2) is 10.6. The fourth-order valence-electron chi connectivity index (χ4n) is 3.57. The van der Waals surface area contributed by atoms with Crippen molar-refractivity contribution in [2.75, 3.05) is 21.3 Å². The Labute approximate surface area is 202 Å². The highest BCUT2D eigenvalue weighted by molar-refractivity contribution is 7.91. The Hall–Kier alpha value is -3.86. The van der Waals surface area contributed by atoms with Crippen LogP contribution in [0.15, 0.2) is 57.1 Å². The fraction of sp³-hybridized carbons (Fsp3) is 0.292. The zero-order valence-electron chi connectivity index (χ0n) is 19.8. The Bertz CT molecular complexity index is 1370. The molecule has 3 aromatic rings. The van der Waals surface area contributed by atoms with Crippen LogP contribution >= 0.6 is 0 Å². The molecule has 0 amide bonds. The average molecular weight is 503 g/mol. The number of benzene rings is 2. The Morgan fingerprint density at radius 1 is 1.03 bits per heavy atom. The number of esters is 1. The van der Waals surface area contributed by atoms with Crippen molar-refractivity contribution in [3.05, 3.63) is 64.2 Å². The van der Waals surface area contributed by atoms with Gasteiger partial charge in [0, 0.05) is 6.42 Å². The molecule has 35 heavy (non-hydrogen) atoms. The van der Waals surface area contributed by atoms with Crippen LogP contribution in [0.4, 0.5) is 0 Å². The number of nitrogens with zero attached hydrogens (tertiary/aromatic N) is 2. The summed E-state index contributed by atoms with van der Waals surface area (Å²) in [7, 11) is -0.508. The number of carbonyl (C=O) groups excluding carboxylic acids is 1. The standard InChI is InChI=1S/C24H26N2O8S/c1-5-6-10-19-25-22(27)21(35(30,31)16-13-11-15(12-14-16)24(29)34-4)23(28)26(19)20-17(32-2)8-7-9-18(20)33-3/h7-9,11-14,28H,5-6,10H2,1-4H3. The van der Waals surface area contributed by atoms with Crippen LogP contribution in [0, 0.1) is 0 Å². The number of sulfone groups is 1. The molecule has 1 N–H and O–H groups in total. The summed E-state index contributed by atoms with van der Waals surface area (Å²) < 4.78 is 43.6. The number of carbonyl (C=O) groups is 1. The summed E-state index contributed by atoms with van der Waals surface area (Å²) in [6.07, 6.45) is 1.69. The van der Waals surface area contributed by atoms with Gasteiger partial charge in [-0.25, -0.2) is 13.2 Å². The largest absolute Gasteiger partial charge is 0.494 e. The van der Waals surface area contributed by atoms with Gasteiger partial charge in [-0.1, -0.05) is 19.4 Å². The number of rotatable bonds is 9. The highest BCUT2D eigenvalue weighted by Crippen LogP contribution is 2.38. The maximum atomic E-state index is 13.5. The predicted octanol–water partition coefficient (Wildman–Crippen LogP) is 2.92. The SMILES string of the molecule is CCCCc1nc(=O)c(S(=O)(=O)c2ccc(C(=O)OC)cc2)c(O)n1-c1c(OC)cccc1OC. The van der Waals surface area contributed by atoms with Gasteiger partial charge in [0.15, 0.2) is 4.90 Å². The Morgan fingerprint density at radius 2 is 1.63 bits per heavy atom. The third kappa shape index (κ3) is 4.85. The molecule has 0 saturated carbocycles. The van der Waals surface area contributed by atoms with Crippen LogP contribution in [0.2, 0.25) is 0 Å². The first kappa shape index (κ1) is 25.8. The number of hydrogen-bond acceptors (Lipinski definition) is 9. The van der Waals surface area contributed by atoms with Crippen LogP contribution in [0.3, 0.4) is 0 Å². The summed E-state index contributed by atoms with van der Waals surface area (Å²) >= 11 is 0. The minimum absolute atomic E-state index is 0.125. The van der Waals surface area contributed by atoms with Crippen LogP contribution in [-0.4, -0.2) is 50.4 Å². The molecular formula is C24H26N2O8S. The topological polar surface area (TPSA) is 134 Å². The molecule has 0 radical (unpaired) electrons. The van der Waals surface area contributed by atoms with Crippen molar-refractivity contribution in [3.8, 4) is 23.1 Å². The van der Waals surface area contributed by atoms with Crippen molar-refractivity contribution in [2.45, 2.75) is 36.0 Å². The molecule has 0 spiro atoms. The highest BCUT2D eigenvalue weighted by Gasteiger charge is 2.31. The normalized spacial score (nSPS) is 11.2. The van der Waals surface area contributed by atoms with Crippen molar-refractivity contribution < 1.29 is 32.5 Å². The molecule has 0 atom stereocenters. The molecule has 0 aliphatic carbocycles. The maximum Gasteiger partial charge on any atom is 0.337 e. The highest BCUT2D eigenvalue weighted by atomic mass is 32.2. The van der Waals surface area contributed by atoms with Crippen molar-refractivity contribution in [1.82, 2.24) is 9.55 Å². The third-order valence-corrected chi connectivity index (χ3v) is 7.12. The lowest BCUT2D eigenvalue weighted by molar-refractivity contribution is 0.0600. The summed E-state index contributed by atoms with van der Waals surface area (Å²) in [5, 5.41) is 11.3. The van der Waals surface area contributed by atoms with Crippen LogP contribution in [0.1, 0.15) is 35.9 Å².